The highest BCUT2D eigenvalue weighted by molar-refractivity contribution is 5.92. The van der Waals surface area contributed by atoms with Gasteiger partial charge in [0.15, 0.2) is 0 Å². The number of aliphatic hydroxyl groups excluding tert-OH is 1. The molecule has 1 unspecified atom stereocenters. The Morgan fingerprint density at radius 1 is 1.56 bits per heavy atom. The van der Waals surface area contributed by atoms with Crippen molar-refractivity contribution < 1.29 is 9.90 Å². The molecule has 1 fully saturated rings. The maximum absolute atomic E-state index is 12.1. The average molecular weight is 250 g/mol. The van der Waals surface area contributed by atoms with Gasteiger partial charge in [-0.1, -0.05) is 19.8 Å². The Balaban J connectivity index is 1.99. The Kier molecular flexibility index (Phi) is 4.42. The molecule has 1 amide bonds. The first-order valence-electron chi connectivity index (χ1n) is 6.78. The molecular weight excluding hydrogens is 228 g/mol. The van der Waals surface area contributed by atoms with E-state index in [0.717, 1.165) is 5.69 Å². The first-order chi connectivity index (χ1) is 8.72. The van der Waals surface area contributed by atoms with E-state index < -0.39 is 0 Å². The highest BCUT2D eigenvalue weighted by Crippen LogP contribution is 2.30. The highest BCUT2D eigenvalue weighted by atomic mass is 16.3. The number of carbonyl (C=O) groups excluding carboxylic acids is 1. The number of aliphatic hydroxyl groups is 1. The average Bonchev–Trinajstić information content (AvgIpc) is 3.04. The van der Waals surface area contributed by atoms with Gasteiger partial charge in [-0.2, -0.15) is 0 Å². The zero-order chi connectivity index (χ0) is 13.0. The summed E-state index contributed by atoms with van der Waals surface area (Å²) in [5.41, 5.74) is 0.743. The first kappa shape index (κ1) is 13.1. The van der Waals surface area contributed by atoms with Crippen LogP contribution < -0.4 is 5.32 Å². The third-order valence-corrected chi connectivity index (χ3v) is 3.65. The second kappa shape index (κ2) is 6.05. The van der Waals surface area contributed by atoms with Crippen molar-refractivity contribution in [2.45, 2.75) is 38.6 Å². The van der Waals surface area contributed by atoms with Gasteiger partial charge in [0.05, 0.1) is 0 Å². The van der Waals surface area contributed by atoms with E-state index in [1.165, 1.54) is 25.7 Å². The van der Waals surface area contributed by atoms with Crippen molar-refractivity contribution in [2.24, 2.45) is 5.92 Å². The van der Waals surface area contributed by atoms with E-state index in [9.17, 15) is 4.79 Å². The van der Waals surface area contributed by atoms with Crippen molar-refractivity contribution in [3.05, 3.63) is 24.0 Å². The Hall–Kier alpha value is -1.29. The van der Waals surface area contributed by atoms with Gasteiger partial charge in [-0.15, -0.1) is 0 Å². The van der Waals surface area contributed by atoms with E-state index >= 15 is 0 Å². The van der Waals surface area contributed by atoms with E-state index in [1.807, 2.05) is 25.3 Å². The molecule has 1 aromatic rings. The molecule has 1 aromatic heterocycles. The van der Waals surface area contributed by atoms with Crippen LogP contribution in [0.25, 0.3) is 0 Å². The summed E-state index contributed by atoms with van der Waals surface area (Å²) in [6.45, 7) is 2.53. The second-order valence-corrected chi connectivity index (χ2v) is 5.24. The molecule has 100 valence electrons. The number of amides is 1. The van der Waals surface area contributed by atoms with Gasteiger partial charge in [-0.05, 0) is 30.9 Å². The lowest BCUT2D eigenvalue weighted by atomic mass is 10.2. The molecule has 0 radical (unpaired) electrons. The molecule has 0 saturated heterocycles. The van der Waals surface area contributed by atoms with Crippen LogP contribution in [0.3, 0.4) is 0 Å². The fraction of sp³-hybridized carbons (Fsp3) is 0.643. The summed E-state index contributed by atoms with van der Waals surface area (Å²) in [6.07, 6.45) is 6.85. The van der Waals surface area contributed by atoms with Gasteiger partial charge in [0.2, 0.25) is 0 Å². The van der Waals surface area contributed by atoms with Crippen molar-refractivity contribution in [1.82, 2.24) is 9.88 Å². The summed E-state index contributed by atoms with van der Waals surface area (Å²) in [5.74, 6) is 0.0658. The number of hydrogen-bond donors (Lipinski definition) is 2. The van der Waals surface area contributed by atoms with Gasteiger partial charge in [-0.25, -0.2) is 0 Å². The molecule has 1 atom stereocenters. The fourth-order valence-corrected chi connectivity index (χ4v) is 2.51. The molecule has 1 aliphatic carbocycles. The third kappa shape index (κ3) is 2.93. The normalized spacial score (nSPS) is 17.9. The van der Waals surface area contributed by atoms with Crippen molar-refractivity contribution in [3.8, 4) is 0 Å². The van der Waals surface area contributed by atoms with Crippen LogP contribution in [0.1, 0.15) is 49.1 Å². The van der Waals surface area contributed by atoms with Crippen LogP contribution in [0.2, 0.25) is 0 Å². The molecule has 2 rings (SSSR count). The molecule has 2 N–H and O–H groups in total. The first-order valence-corrected chi connectivity index (χ1v) is 6.78. The lowest BCUT2D eigenvalue weighted by Crippen LogP contribution is -2.31. The predicted octanol–water partition coefficient (Wildman–Crippen LogP) is 1.96. The standard InChI is InChI=1S/C14H22N2O2/c1-11(10-17)9-15-14(18)13-7-4-8-16(13)12-5-2-3-6-12/h4,7-8,11-12,17H,2-3,5-6,9-10H2,1H3,(H,15,18). The summed E-state index contributed by atoms with van der Waals surface area (Å²) in [5, 5.41) is 11.8. The second-order valence-electron chi connectivity index (χ2n) is 5.24. The van der Waals surface area contributed by atoms with Crippen LogP contribution in [0.5, 0.6) is 0 Å². The Morgan fingerprint density at radius 3 is 2.94 bits per heavy atom. The minimum Gasteiger partial charge on any atom is -0.396 e. The smallest absolute Gasteiger partial charge is 0.267 e. The minimum absolute atomic E-state index is 0.0350. The molecule has 4 heteroatoms. The third-order valence-electron chi connectivity index (χ3n) is 3.65. The molecule has 1 heterocycles. The van der Waals surface area contributed by atoms with Crippen LogP contribution in [0.15, 0.2) is 18.3 Å². The maximum atomic E-state index is 12.1. The summed E-state index contributed by atoms with van der Waals surface area (Å²) in [4.78, 5) is 12.1. The van der Waals surface area contributed by atoms with Crippen molar-refractivity contribution in [1.29, 1.82) is 0 Å². The topological polar surface area (TPSA) is 54.3 Å². The van der Waals surface area contributed by atoms with E-state index in [0.29, 0.717) is 12.6 Å². The van der Waals surface area contributed by atoms with E-state index in [-0.39, 0.29) is 18.4 Å². The zero-order valence-electron chi connectivity index (χ0n) is 10.9. The number of nitrogens with one attached hydrogen (secondary N) is 1. The molecule has 0 bridgehead atoms. The van der Waals surface area contributed by atoms with Gasteiger partial charge in [0.25, 0.3) is 5.91 Å². The molecule has 1 saturated carbocycles. The lowest BCUT2D eigenvalue weighted by molar-refractivity contribution is 0.0931. The van der Waals surface area contributed by atoms with Crippen LogP contribution >= 0.6 is 0 Å². The van der Waals surface area contributed by atoms with Gasteiger partial charge in [-0.3, -0.25) is 4.79 Å². The summed E-state index contributed by atoms with van der Waals surface area (Å²) >= 11 is 0. The molecule has 0 aliphatic heterocycles. The minimum atomic E-state index is -0.0350. The van der Waals surface area contributed by atoms with Gasteiger partial charge in [0.1, 0.15) is 5.69 Å². The lowest BCUT2D eigenvalue weighted by Gasteiger charge is -2.16. The number of aromatic nitrogens is 1. The van der Waals surface area contributed by atoms with Crippen molar-refractivity contribution in [2.75, 3.05) is 13.2 Å². The van der Waals surface area contributed by atoms with Gasteiger partial charge < -0.3 is 15.0 Å². The number of nitrogens with zero attached hydrogens (tertiary/aromatic N) is 1. The predicted molar refractivity (Wildman–Crippen MR) is 70.5 cm³/mol. The molecule has 1 aliphatic rings. The van der Waals surface area contributed by atoms with Crippen molar-refractivity contribution >= 4 is 5.91 Å². The summed E-state index contributed by atoms with van der Waals surface area (Å²) in [6, 6.07) is 4.29. The maximum Gasteiger partial charge on any atom is 0.267 e. The Labute approximate surface area is 108 Å². The number of carbonyl (C=O) groups is 1. The Morgan fingerprint density at radius 2 is 2.28 bits per heavy atom. The van der Waals surface area contributed by atoms with Crippen LogP contribution in [-0.4, -0.2) is 28.7 Å². The van der Waals surface area contributed by atoms with Crippen LogP contribution in [-0.2, 0) is 0 Å². The number of hydrogen-bond acceptors (Lipinski definition) is 2. The quantitative estimate of drug-likeness (QED) is 0.839. The monoisotopic (exact) mass is 250 g/mol. The summed E-state index contributed by atoms with van der Waals surface area (Å²) in [7, 11) is 0. The van der Waals surface area contributed by atoms with E-state index in [4.69, 9.17) is 5.11 Å². The molecule has 18 heavy (non-hydrogen) atoms. The van der Waals surface area contributed by atoms with Gasteiger partial charge in [0, 0.05) is 25.4 Å². The molecular formula is C14H22N2O2. The Bertz CT molecular complexity index is 394. The van der Waals surface area contributed by atoms with Crippen LogP contribution in [0.4, 0.5) is 0 Å². The fourth-order valence-electron chi connectivity index (χ4n) is 2.51. The van der Waals surface area contributed by atoms with Crippen LogP contribution in [0, 0.1) is 5.92 Å². The molecule has 4 nitrogen and oxygen atoms in total. The zero-order valence-corrected chi connectivity index (χ0v) is 10.9. The van der Waals surface area contributed by atoms with E-state index in [2.05, 4.69) is 9.88 Å². The number of rotatable bonds is 5. The van der Waals surface area contributed by atoms with Gasteiger partial charge >= 0.3 is 0 Å². The molecule has 0 spiro atoms. The van der Waals surface area contributed by atoms with E-state index in [1.54, 1.807) is 0 Å². The molecule has 0 aromatic carbocycles. The van der Waals surface area contributed by atoms with Crippen molar-refractivity contribution in [3.63, 3.8) is 0 Å². The summed E-state index contributed by atoms with van der Waals surface area (Å²) < 4.78 is 2.10. The highest BCUT2D eigenvalue weighted by Gasteiger charge is 2.21. The SMILES string of the molecule is CC(CO)CNC(=O)c1cccn1C1CCCC1. The largest absolute Gasteiger partial charge is 0.396 e.